The summed E-state index contributed by atoms with van der Waals surface area (Å²) < 4.78 is 0. The van der Waals surface area contributed by atoms with Gasteiger partial charge in [-0.2, -0.15) is 0 Å². The molecular weight excluding hydrogens is 288 g/mol. The van der Waals surface area contributed by atoms with Crippen molar-refractivity contribution in [2.24, 2.45) is 0 Å². The first-order chi connectivity index (χ1) is 9.97. The Hall–Kier alpha value is -2.15. The van der Waals surface area contributed by atoms with Crippen molar-refractivity contribution < 1.29 is 4.79 Å². The van der Waals surface area contributed by atoms with Gasteiger partial charge in [0.1, 0.15) is 5.69 Å². The average Bonchev–Trinajstić information content (AvgIpc) is 2.45. The maximum absolute atomic E-state index is 11.9. The lowest BCUT2D eigenvalue weighted by molar-refractivity contribution is -0.113. The molecule has 1 amide bonds. The zero-order chi connectivity index (χ0) is 15.4. The molecule has 0 fully saturated rings. The van der Waals surface area contributed by atoms with Crippen molar-refractivity contribution in [3.8, 4) is 0 Å². The number of carbonyl (C=O) groups excluding carboxylic acids is 1. The molecule has 7 heteroatoms. The maximum atomic E-state index is 11.9. The number of thioether (sulfide) groups is 1. The number of benzene rings is 1. The van der Waals surface area contributed by atoms with Crippen LogP contribution in [-0.4, -0.2) is 26.8 Å². The molecule has 0 spiro atoms. The normalized spacial score (nSPS) is 10.4. The van der Waals surface area contributed by atoms with Crippen molar-refractivity contribution >= 4 is 23.4 Å². The number of aromatic nitrogens is 3. The molecule has 0 atom stereocenters. The largest absolute Gasteiger partial charge is 0.325 e. The molecule has 0 unspecified atom stereocenters. The van der Waals surface area contributed by atoms with Crippen LogP contribution in [0.15, 0.2) is 28.2 Å². The lowest BCUT2D eigenvalue weighted by Crippen LogP contribution is -2.17. The van der Waals surface area contributed by atoms with Crippen molar-refractivity contribution in [2.75, 3.05) is 11.1 Å². The summed E-state index contributed by atoms with van der Waals surface area (Å²) in [4.78, 5) is 25.9. The Bertz CT molecular complexity index is 727. The zero-order valence-corrected chi connectivity index (χ0v) is 12.9. The summed E-state index contributed by atoms with van der Waals surface area (Å²) in [5.74, 6) is -0.00179. The minimum Gasteiger partial charge on any atom is -0.325 e. The van der Waals surface area contributed by atoms with Crippen LogP contribution in [0.4, 0.5) is 5.69 Å². The minimum atomic E-state index is -0.289. The topological polar surface area (TPSA) is 87.7 Å². The van der Waals surface area contributed by atoms with Crippen molar-refractivity contribution in [3.63, 3.8) is 0 Å². The molecule has 21 heavy (non-hydrogen) atoms. The number of rotatable bonds is 4. The third-order valence-corrected chi connectivity index (χ3v) is 3.92. The van der Waals surface area contributed by atoms with E-state index in [1.807, 2.05) is 32.0 Å². The van der Waals surface area contributed by atoms with Gasteiger partial charge in [-0.15, -0.1) is 10.2 Å². The third kappa shape index (κ3) is 3.91. The van der Waals surface area contributed by atoms with Crippen LogP contribution in [0.3, 0.4) is 0 Å². The van der Waals surface area contributed by atoms with Crippen molar-refractivity contribution in [1.82, 2.24) is 15.2 Å². The number of aryl methyl sites for hydroxylation is 2. The van der Waals surface area contributed by atoms with Gasteiger partial charge in [0.25, 0.3) is 5.56 Å². The van der Waals surface area contributed by atoms with Crippen molar-refractivity contribution in [1.29, 1.82) is 0 Å². The molecule has 1 aromatic carbocycles. The van der Waals surface area contributed by atoms with E-state index in [1.54, 1.807) is 6.92 Å². The molecule has 0 aliphatic carbocycles. The first-order valence-electron chi connectivity index (χ1n) is 6.40. The highest BCUT2D eigenvalue weighted by molar-refractivity contribution is 7.99. The fourth-order valence-corrected chi connectivity index (χ4v) is 2.25. The van der Waals surface area contributed by atoms with Crippen LogP contribution in [-0.2, 0) is 4.79 Å². The van der Waals surface area contributed by atoms with E-state index < -0.39 is 0 Å². The van der Waals surface area contributed by atoms with Crippen molar-refractivity contribution in [3.05, 3.63) is 45.4 Å². The Labute approximate surface area is 126 Å². The second-order valence-electron chi connectivity index (χ2n) is 4.63. The van der Waals surface area contributed by atoms with E-state index >= 15 is 0 Å². The number of amides is 1. The van der Waals surface area contributed by atoms with Crippen LogP contribution in [0.2, 0.25) is 0 Å². The molecule has 0 saturated heterocycles. The number of aromatic amines is 1. The summed E-state index contributed by atoms with van der Waals surface area (Å²) in [5.41, 5.74) is 2.97. The summed E-state index contributed by atoms with van der Waals surface area (Å²) in [6, 6.07) is 5.75. The number of nitrogens with one attached hydrogen (secondary N) is 2. The second kappa shape index (κ2) is 6.53. The van der Waals surface area contributed by atoms with Crippen LogP contribution in [0.1, 0.15) is 16.8 Å². The Kier molecular flexibility index (Phi) is 4.74. The van der Waals surface area contributed by atoms with Gasteiger partial charge in [-0.05, 0) is 38.0 Å². The lowest BCUT2D eigenvalue weighted by Gasteiger charge is -2.09. The number of carbonyl (C=O) groups is 1. The van der Waals surface area contributed by atoms with Gasteiger partial charge in [-0.25, -0.2) is 0 Å². The molecule has 1 heterocycles. The number of nitrogens with zero attached hydrogens (tertiary/aromatic N) is 2. The molecular formula is C14H16N4O2S. The van der Waals surface area contributed by atoms with Gasteiger partial charge in [-0.1, -0.05) is 23.9 Å². The van der Waals surface area contributed by atoms with E-state index in [0.717, 1.165) is 28.6 Å². The Morgan fingerprint density at radius 1 is 1.29 bits per heavy atom. The van der Waals surface area contributed by atoms with Gasteiger partial charge >= 0.3 is 0 Å². The predicted octanol–water partition coefficient (Wildman–Crippen LogP) is 1.82. The molecule has 110 valence electrons. The van der Waals surface area contributed by atoms with E-state index in [4.69, 9.17) is 0 Å². The van der Waals surface area contributed by atoms with Gasteiger partial charge in [0.2, 0.25) is 5.91 Å². The fraction of sp³-hybridized carbons (Fsp3) is 0.286. The highest BCUT2D eigenvalue weighted by Gasteiger charge is 2.08. The molecule has 1 aromatic heterocycles. The Morgan fingerprint density at radius 3 is 2.76 bits per heavy atom. The van der Waals surface area contributed by atoms with E-state index in [-0.39, 0.29) is 17.2 Å². The van der Waals surface area contributed by atoms with Crippen LogP contribution >= 0.6 is 11.8 Å². The predicted molar refractivity (Wildman–Crippen MR) is 82.7 cm³/mol. The Morgan fingerprint density at radius 2 is 2.05 bits per heavy atom. The molecule has 0 aliphatic heterocycles. The lowest BCUT2D eigenvalue weighted by atomic mass is 10.1. The van der Waals surface area contributed by atoms with Gasteiger partial charge in [0.05, 0.1) is 5.75 Å². The van der Waals surface area contributed by atoms with Crippen LogP contribution in [0.25, 0.3) is 0 Å². The van der Waals surface area contributed by atoms with E-state index in [2.05, 4.69) is 20.5 Å². The smallest absolute Gasteiger partial charge is 0.273 e. The summed E-state index contributed by atoms with van der Waals surface area (Å²) >= 11 is 1.14. The van der Waals surface area contributed by atoms with E-state index in [0.29, 0.717) is 10.9 Å². The van der Waals surface area contributed by atoms with Crippen LogP contribution in [0.5, 0.6) is 0 Å². The first-order valence-corrected chi connectivity index (χ1v) is 7.38. The summed E-state index contributed by atoms with van der Waals surface area (Å²) in [5, 5.41) is 10.7. The highest BCUT2D eigenvalue weighted by atomic mass is 32.2. The van der Waals surface area contributed by atoms with Gasteiger partial charge in [0.15, 0.2) is 5.16 Å². The van der Waals surface area contributed by atoms with Crippen LogP contribution < -0.4 is 10.9 Å². The second-order valence-corrected chi connectivity index (χ2v) is 5.59. The van der Waals surface area contributed by atoms with E-state index in [9.17, 15) is 9.59 Å². The summed E-state index contributed by atoms with van der Waals surface area (Å²) in [7, 11) is 0. The van der Waals surface area contributed by atoms with E-state index in [1.165, 1.54) is 0 Å². The average molecular weight is 304 g/mol. The molecule has 0 bridgehead atoms. The van der Waals surface area contributed by atoms with Crippen LogP contribution in [0, 0.1) is 20.8 Å². The quantitative estimate of drug-likeness (QED) is 0.841. The monoisotopic (exact) mass is 304 g/mol. The maximum Gasteiger partial charge on any atom is 0.273 e. The standard InChI is InChI=1S/C14H16N4O2S/c1-8-5-4-6-11(9(8)2)15-12(19)7-21-14-16-13(20)10(3)17-18-14/h4-6H,7H2,1-3H3,(H,15,19)(H,16,18,20). The van der Waals surface area contributed by atoms with Crippen molar-refractivity contribution in [2.45, 2.75) is 25.9 Å². The van der Waals surface area contributed by atoms with Gasteiger partial charge in [0, 0.05) is 5.69 Å². The molecule has 0 saturated carbocycles. The highest BCUT2D eigenvalue weighted by Crippen LogP contribution is 2.18. The number of H-pyrrole nitrogens is 1. The zero-order valence-electron chi connectivity index (χ0n) is 12.1. The summed E-state index contributed by atoms with van der Waals surface area (Å²) in [6.07, 6.45) is 0. The third-order valence-electron chi connectivity index (χ3n) is 3.06. The minimum absolute atomic E-state index is 0.154. The molecule has 6 nitrogen and oxygen atoms in total. The molecule has 2 N–H and O–H groups in total. The Balaban J connectivity index is 1.97. The molecule has 0 aliphatic rings. The molecule has 2 rings (SSSR count). The number of hydrogen-bond donors (Lipinski definition) is 2. The molecule has 0 radical (unpaired) electrons. The SMILES string of the molecule is Cc1cccc(NC(=O)CSc2nnc(C)c(=O)[nH]2)c1C. The first kappa shape index (κ1) is 15.2. The number of anilines is 1. The molecule has 2 aromatic rings. The summed E-state index contributed by atoms with van der Waals surface area (Å²) in [6.45, 7) is 5.53. The number of hydrogen-bond acceptors (Lipinski definition) is 5. The van der Waals surface area contributed by atoms with Gasteiger partial charge in [-0.3, -0.25) is 14.6 Å². The fourth-order valence-electron chi connectivity index (χ4n) is 1.65. The van der Waals surface area contributed by atoms with Gasteiger partial charge < -0.3 is 5.32 Å².